The second-order valence-electron chi connectivity index (χ2n) is 15.6. The molecule has 0 spiro atoms. The fraction of sp³-hybridized carbons (Fsp3) is 1.00. The number of unbranched alkanes of at least 4 members (excludes halogenated alkanes) is 1. The summed E-state index contributed by atoms with van der Waals surface area (Å²) in [4.78, 5) is 0. The van der Waals surface area contributed by atoms with E-state index in [1.165, 1.54) is 64.2 Å². The molecule has 0 saturated heterocycles. The zero-order chi connectivity index (χ0) is 25.8. The van der Waals surface area contributed by atoms with Crippen LogP contribution >= 0.6 is 0 Å². The Bertz CT molecular complexity index is 620. The van der Waals surface area contributed by atoms with Crippen LogP contribution in [0.3, 0.4) is 0 Å². The molecule has 0 heterocycles. The van der Waals surface area contributed by atoms with E-state index in [2.05, 4.69) is 48.5 Å². The van der Waals surface area contributed by atoms with E-state index in [-0.39, 0.29) is 0 Å². The van der Waals surface area contributed by atoms with E-state index in [1.54, 1.807) is 38.5 Å². The summed E-state index contributed by atoms with van der Waals surface area (Å²) in [6.45, 7) is 17.4. The van der Waals surface area contributed by atoms with Gasteiger partial charge in [-0.15, -0.1) is 0 Å². The Balaban J connectivity index is 0.000000179. The molecular weight excluding hydrogens is 432 g/mol. The monoisotopic (exact) mass is 499 g/mol. The third kappa shape index (κ3) is 6.76. The van der Waals surface area contributed by atoms with Crippen LogP contribution in [0.1, 0.15) is 151 Å². The van der Waals surface area contributed by atoms with Crippen LogP contribution in [0, 0.1) is 76.9 Å². The predicted molar refractivity (Wildman–Crippen MR) is 159 cm³/mol. The quantitative estimate of drug-likeness (QED) is 0.353. The van der Waals surface area contributed by atoms with E-state index >= 15 is 0 Å². The molecule has 0 aromatic rings. The summed E-state index contributed by atoms with van der Waals surface area (Å²) in [5.41, 5.74) is 0. The van der Waals surface area contributed by atoms with E-state index in [9.17, 15) is 0 Å². The van der Waals surface area contributed by atoms with Crippen molar-refractivity contribution in [2.24, 2.45) is 76.9 Å². The highest BCUT2D eigenvalue weighted by Gasteiger charge is 2.47. The molecule has 0 heteroatoms. The van der Waals surface area contributed by atoms with Crippen molar-refractivity contribution in [2.75, 3.05) is 0 Å². The van der Waals surface area contributed by atoms with Gasteiger partial charge in [0.2, 0.25) is 0 Å². The molecule has 0 aliphatic heterocycles. The lowest BCUT2D eigenvalue weighted by atomic mass is 9.56. The SMILES string of the molecule is CC1CCC(C2C(C)CC(C)C2C)CC1.CCCCC1C(C)CC2CCCC2C1C1CCC(C)CC1. The molecule has 0 amide bonds. The Kier molecular flexibility index (Phi) is 10.8. The number of rotatable bonds is 5. The van der Waals surface area contributed by atoms with Gasteiger partial charge in [0.15, 0.2) is 0 Å². The Labute approximate surface area is 227 Å². The van der Waals surface area contributed by atoms with Gasteiger partial charge in [0.1, 0.15) is 0 Å². The summed E-state index contributed by atoms with van der Waals surface area (Å²) in [5.74, 6) is 13.6. The van der Waals surface area contributed by atoms with Crippen molar-refractivity contribution >= 4 is 0 Å². The topological polar surface area (TPSA) is 0 Å². The second-order valence-corrected chi connectivity index (χ2v) is 15.6. The maximum absolute atomic E-state index is 2.60. The van der Waals surface area contributed by atoms with Gasteiger partial charge in [-0.25, -0.2) is 0 Å². The maximum Gasteiger partial charge on any atom is -0.0324 e. The molecule has 0 radical (unpaired) electrons. The molecule has 0 nitrogen and oxygen atoms in total. The minimum absolute atomic E-state index is 0.976. The second kappa shape index (κ2) is 13.4. The van der Waals surface area contributed by atoms with Gasteiger partial charge in [-0.1, -0.05) is 99.8 Å². The summed E-state index contributed by atoms with van der Waals surface area (Å²) >= 11 is 0. The Morgan fingerprint density at radius 2 is 1.11 bits per heavy atom. The average molecular weight is 499 g/mol. The first-order chi connectivity index (χ1) is 17.3. The van der Waals surface area contributed by atoms with E-state index in [4.69, 9.17) is 0 Å². The van der Waals surface area contributed by atoms with Crippen molar-refractivity contribution in [3.8, 4) is 0 Å². The normalized spacial score (nSPS) is 49.2. The molecule has 5 saturated carbocycles. The van der Waals surface area contributed by atoms with Crippen molar-refractivity contribution in [2.45, 2.75) is 151 Å². The van der Waals surface area contributed by atoms with Crippen molar-refractivity contribution < 1.29 is 0 Å². The molecule has 0 bridgehead atoms. The molecule has 5 fully saturated rings. The largest absolute Gasteiger partial charge is 0.0654 e. The zero-order valence-electron chi connectivity index (χ0n) is 25.8. The standard InChI is InChI=1S/C21H38.C15H28/c1-4-5-8-19-16(3)14-18-7-6-9-20(18)21(19)17-12-10-15(2)11-13-17;1-10-5-7-14(8-6-10)15-12(3)9-11(2)13(15)4/h15-21H,4-14H2,1-3H3;10-15H,5-9H2,1-4H3. The summed E-state index contributed by atoms with van der Waals surface area (Å²) in [5, 5.41) is 0. The zero-order valence-corrected chi connectivity index (χ0v) is 25.8. The summed E-state index contributed by atoms with van der Waals surface area (Å²) in [6, 6.07) is 0. The van der Waals surface area contributed by atoms with Crippen molar-refractivity contribution in [3.63, 3.8) is 0 Å². The van der Waals surface area contributed by atoms with Crippen LogP contribution in [-0.4, -0.2) is 0 Å². The molecule has 36 heavy (non-hydrogen) atoms. The summed E-state index contributed by atoms with van der Waals surface area (Å²) in [6.07, 6.45) is 24.3. The van der Waals surface area contributed by atoms with Gasteiger partial charge in [0.05, 0.1) is 0 Å². The van der Waals surface area contributed by atoms with Crippen LogP contribution in [0.15, 0.2) is 0 Å². The minimum atomic E-state index is 0.976. The third-order valence-electron chi connectivity index (χ3n) is 13.1. The molecule has 210 valence electrons. The van der Waals surface area contributed by atoms with Crippen LogP contribution < -0.4 is 0 Å². The first kappa shape index (κ1) is 29.0. The van der Waals surface area contributed by atoms with Gasteiger partial charge in [0.25, 0.3) is 0 Å². The summed E-state index contributed by atoms with van der Waals surface area (Å²) < 4.78 is 0. The Hall–Kier alpha value is 0. The highest BCUT2D eigenvalue weighted by Crippen LogP contribution is 2.56. The van der Waals surface area contributed by atoms with Crippen LogP contribution in [0.25, 0.3) is 0 Å². The number of hydrogen-bond acceptors (Lipinski definition) is 0. The first-order valence-corrected chi connectivity index (χ1v) is 17.3. The van der Waals surface area contributed by atoms with Crippen LogP contribution in [-0.2, 0) is 0 Å². The molecule has 0 aromatic heterocycles. The van der Waals surface area contributed by atoms with Crippen molar-refractivity contribution in [1.82, 2.24) is 0 Å². The van der Waals surface area contributed by atoms with Crippen LogP contribution in [0.5, 0.6) is 0 Å². The van der Waals surface area contributed by atoms with Gasteiger partial charge in [-0.2, -0.15) is 0 Å². The smallest absolute Gasteiger partial charge is 0.0324 e. The lowest BCUT2D eigenvalue weighted by molar-refractivity contribution is -0.00156. The highest BCUT2D eigenvalue weighted by molar-refractivity contribution is 4.97. The van der Waals surface area contributed by atoms with Crippen molar-refractivity contribution in [3.05, 3.63) is 0 Å². The summed E-state index contributed by atoms with van der Waals surface area (Å²) in [7, 11) is 0. The fourth-order valence-corrected chi connectivity index (χ4v) is 10.9. The fourth-order valence-electron chi connectivity index (χ4n) is 10.9. The first-order valence-electron chi connectivity index (χ1n) is 17.3. The molecule has 5 rings (SSSR count). The molecular formula is C36H66. The highest BCUT2D eigenvalue weighted by atomic mass is 14.5. The van der Waals surface area contributed by atoms with E-state index < -0.39 is 0 Å². The van der Waals surface area contributed by atoms with Gasteiger partial charge < -0.3 is 0 Å². The van der Waals surface area contributed by atoms with Crippen LogP contribution in [0.2, 0.25) is 0 Å². The Morgan fingerprint density at radius 1 is 0.528 bits per heavy atom. The van der Waals surface area contributed by atoms with Crippen molar-refractivity contribution in [1.29, 1.82) is 0 Å². The van der Waals surface area contributed by atoms with Gasteiger partial charge in [-0.05, 0) is 128 Å². The molecule has 9 unspecified atom stereocenters. The lowest BCUT2D eigenvalue weighted by Crippen LogP contribution is -2.42. The molecule has 5 aliphatic rings. The number of fused-ring (bicyclic) bond motifs is 1. The molecule has 0 N–H and O–H groups in total. The van der Waals surface area contributed by atoms with E-state index in [0.29, 0.717) is 0 Å². The van der Waals surface area contributed by atoms with Crippen LogP contribution in [0.4, 0.5) is 0 Å². The number of hydrogen-bond donors (Lipinski definition) is 0. The van der Waals surface area contributed by atoms with E-state index in [1.807, 2.05) is 0 Å². The molecule has 5 aliphatic carbocycles. The lowest BCUT2D eigenvalue weighted by Gasteiger charge is -2.49. The Morgan fingerprint density at radius 3 is 1.64 bits per heavy atom. The third-order valence-corrected chi connectivity index (χ3v) is 13.1. The maximum atomic E-state index is 2.60. The predicted octanol–water partition coefficient (Wildman–Crippen LogP) is 11.4. The van der Waals surface area contributed by atoms with Gasteiger partial charge in [0, 0.05) is 0 Å². The van der Waals surface area contributed by atoms with Gasteiger partial charge >= 0.3 is 0 Å². The van der Waals surface area contributed by atoms with Gasteiger partial charge in [-0.3, -0.25) is 0 Å². The average Bonchev–Trinajstić information content (AvgIpc) is 3.42. The minimum Gasteiger partial charge on any atom is -0.0654 e. The van der Waals surface area contributed by atoms with E-state index in [0.717, 1.165) is 76.9 Å². The molecule has 0 aromatic carbocycles. The molecule has 9 atom stereocenters.